The van der Waals surface area contributed by atoms with Crippen molar-refractivity contribution in [2.45, 2.75) is 26.8 Å². The summed E-state index contributed by atoms with van der Waals surface area (Å²) in [5.41, 5.74) is 3.36. The number of amides is 1. The van der Waals surface area contributed by atoms with Crippen molar-refractivity contribution in [3.05, 3.63) is 53.2 Å². The monoisotopic (exact) mass is 326 g/mol. The maximum absolute atomic E-state index is 12.0. The Kier molecular flexibility index (Phi) is 5.11. The van der Waals surface area contributed by atoms with Crippen molar-refractivity contribution < 1.29 is 14.3 Å². The topological polar surface area (TPSA) is 60.5 Å². The molecule has 0 aliphatic carbocycles. The minimum Gasteiger partial charge on any atom is -0.439 e. The first-order chi connectivity index (χ1) is 11.6. The number of benzene rings is 1. The minimum atomic E-state index is -0.0295. The molecule has 0 saturated carbocycles. The smallest absolute Gasteiger partial charge is 0.225 e. The van der Waals surface area contributed by atoms with Gasteiger partial charge < -0.3 is 14.8 Å². The highest BCUT2D eigenvalue weighted by Crippen LogP contribution is 2.22. The molecule has 1 aliphatic rings. The zero-order valence-electron chi connectivity index (χ0n) is 14.0. The van der Waals surface area contributed by atoms with Gasteiger partial charge in [0.2, 0.25) is 11.8 Å². The molecule has 3 rings (SSSR count). The third kappa shape index (κ3) is 4.11. The molecule has 0 spiro atoms. The van der Waals surface area contributed by atoms with Crippen LogP contribution in [0.2, 0.25) is 0 Å². The van der Waals surface area contributed by atoms with E-state index in [0.717, 1.165) is 17.7 Å². The van der Waals surface area contributed by atoms with Crippen molar-refractivity contribution in [1.29, 1.82) is 0 Å². The molecule has 1 N–H and O–H groups in total. The van der Waals surface area contributed by atoms with Crippen LogP contribution in [0.3, 0.4) is 0 Å². The molecule has 0 radical (unpaired) electrons. The highest BCUT2D eigenvalue weighted by atomic mass is 16.5. The normalized spacial score (nSPS) is 16.8. The molecule has 5 heteroatoms. The van der Waals surface area contributed by atoms with Gasteiger partial charge >= 0.3 is 0 Å². The maximum atomic E-state index is 12.0. The van der Waals surface area contributed by atoms with E-state index < -0.39 is 0 Å². The molecule has 1 aliphatic heterocycles. The standard InChI is InChI=1S/C19H22N2O3/c1-13-3-4-17(9-14(13)2)24-18-10-15(5-7-20-18)11-21-19(22)16-6-8-23-12-16/h3-5,7,9-10,16H,6,8,11-12H2,1-2H3,(H,21,22)/t16-/m0/s1. The predicted molar refractivity (Wildman–Crippen MR) is 91.0 cm³/mol. The van der Waals surface area contributed by atoms with Gasteiger partial charge in [0.25, 0.3) is 0 Å². The summed E-state index contributed by atoms with van der Waals surface area (Å²) >= 11 is 0. The van der Waals surface area contributed by atoms with Crippen LogP contribution in [0.1, 0.15) is 23.1 Å². The first-order valence-corrected chi connectivity index (χ1v) is 8.17. The second-order valence-electron chi connectivity index (χ2n) is 6.13. The zero-order valence-corrected chi connectivity index (χ0v) is 14.0. The molecule has 2 heterocycles. The number of hydrogen-bond acceptors (Lipinski definition) is 4. The number of ether oxygens (including phenoxy) is 2. The first-order valence-electron chi connectivity index (χ1n) is 8.17. The molecule has 2 aromatic rings. The number of rotatable bonds is 5. The molecule has 0 bridgehead atoms. The van der Waals surface area contributed by atoms with Crippen LogP contribution in [0.15, 0.2) is 36.5 Å². The lowest BCUT2D eigenvalue weighted by molar-refractivity contribution is -0.125. The van der Waals surface area contributed by atoms with Crippen LogP contribution >= 0.6 is 0 Å². The van der Waals surface area contributed by atoms with E-state index in [9.17, 15) is 4.79 Å². The number of nitrogens with zero attached hydrogens (tertiary/aromatic N) is 1. The zero-order chi connectivity index (χ0) is 16.9. The van der Waals surface area contributed by atoms with E-state index in [1.165, 1.54) is 11.1 Å². The molecular weight excluding hydrogens is 304 g/mol. The quantitative estimate of drug-likeness (QED) is 0.917. The van der Waals surface area contributed by atoms with Crippen molar-refractivity contribution in [3.8, 4) is 11.6 Å². The summed E-state index contributed by atoms with van der Waals surface area (Å²) in [4.78, 5) is 16.3. The van der Waals surface area contributed by atoms with Gasteiger partial charge in [0.05, 0.1) is 12.5 Å². The fourth-order valence-electron chi connectivity index (χ4n) is 2.59. The molecular formula is C19H22N2O3. The van der Waals surface area contributed by atoms with Crippen LogP contribution in [0.4, 0.5) is 0 Å². The van der Waals surface area contributed by atoms with Gasteiger partial charge in [-0.15, -0.1) is 0 Å². The van der Waals surface area contributed by atoms with Crippen molar-refractivity contribution in [2.75, 3.05) is 13.2 Å². The van der Waals surface area contributed by atoms with Gasteiger partial charge in [-0.1, -0.05) is 6.07 Å². The van der Waals surface area contributed by atoms with Crippen LogP contribution in [0, 0.1) is 19.8 Å². The van der Waals surface area contributed by atoms with Crippen molar-refractivity contribution >= 4 is 5.91 Å². The summed E-state index contributed by atoms with van der Waals surface area (Å²) in [6, 6.07) is 9.67. The third-order valence-corrected chi connectivity index (χ3v) is 4.27. The molecule has 5 nitrogen and oxygen atoms in total. The summed E-state index contributed by atoms with van der Waals surface area (Å²) in [6.07, 6.45) is 2.49. The van der Waals surface area contributed by atoms with Crippen LogP contribution in [-0.2, 0) is 16.1 Å². The van der Waals surface area contributed by atoms with Gasteiger partial charge in [-0.2, -0.15) is 0 Å². The molecule has 1 saturated heterocycles. The number of carbonyl (C=O) groups excluding carboxylic acids is 1. The summed E-state index contributed by atoms with van der Waals surface area (Å²) in [5, 5.41) is 2.95. The maximum Gasteiger partial charge on any atom is 0.225 e. The van der Waals surface area contributed by atoms with Crippen LogP contribution in [0.25, 0.3) is 0 Å². The largest absolute Gasteiger partial charge is 0.439 e. The highest BCUT2D eigenvalue weighted by Gasteiger charge is 2.22. The van der Waals surface area contributed by atoms with Gasteiger partial charge in [0.1, 0.15) is 5.75 Å². The number of aromatic nitrogens is 1. The predicted octanol–water partition coefficient (Wildman–Crippen LogP) is 3.14. The van der Waals surface area contributed by atoms with E-state index in [-0.39, 0.29) is 11.8 Å². The number of carbonyl (C=O) groups is 1. The molecule has 1 atom stereocenters. The lowest BCUT2D eigenvalue weighted by atomic mass is 10.1. The van der Waals surface area contributed by atoms with Crippen molar-refractivity contribution in [2.24, 2.45) is 5.92 Å². The Morgan fingerprint density at radius 3 is 2.92 bits per heavy atom. The summed E-state index contributed by atoms with van der Waals surface area (Å²) in [5.74, 6) is 1.29. The second kappa shape index (κ2) is 7.45. The molecule has 1 aromatic heterocycles. The second-order valence-corrected chi connectivity index (χ2v) is 6.13. The third-order valence-electron chi connectivity index (χ3n) is 4.27. The van der Waals surface area contributed by atoms with E-state index in [0.29, 0.717) is 25.6 Å². The van der Waals surface area contributed by atoms with Crippen LogP contribution in [0.5, 0.6) is 11.6 Å². The van der Waals surface area contributed by atoms with E-state index in [2.05, 4.69) is 17.2 Å². The molecule has 0 unspecified atom stereocenters. The highest BCUT2D eigenvalue weighted by molar-refractivity contribution is 5.78. The van der Waals surface area contributed by atoms with Gasteiger partial charge in [-0.3, -0.25) is 4.79 Å². The first kappa shape index (κ1) is 16.5. The molecule has 1 aromatic carbocycles. The summed E-state index contributed by atoms with van der Waals surface area (Å²) in [7, 11) is 0. The van der Waals surface area contributed by atoms with E-state index >= 15 is 0 Å². The van der Waals surface area contributed by atoms with Gasteiger partial charge in [0, 0.05) is 25.4 Å². The summed E-state index contributed by atoms with van der Waals surface area (Å²) in [6.45, 7) is 5.76. The summed E-state index contributed by atoms with van der Waals surface area (Å²) < 4.78 is 11.1. The molecule has 1 amide bonds. The lowest BCUT2D eigenvalue weighted by Crippen LogP contribution is -2.30. The Morgan fingerprint density at radius 2 is 2.17 bits per heavy atom. The number of hydrogen-bond donors (Lipinski definition) is 1. The lowest BCUT2D eigenvalue weighted by Gasteiger charge is -2.11. The van der Waals surface area contributed by atoms with Crippen molar-refractivity contribution in [1.82, 2.24) is 10.3 Å². The molecule has 24 heavy (non-hydrogen) atoms. The van der Waals surface area contributed by atoms with E-state index in [4.69, 9.17) is 9.47 Å². The Hall–Kier alpha value is -2.40. The minimum absolute atomic E-state index is 0.0295. The van der Waals surface area contributed by atoms with E-state index in [1.807, 2.05) is 37.3 Å². The fraction of sp³-hybridized carbons (Fsp3) is 0.368. The number of pyridine rings is 1. The fourth-order valence-corrected chi connectivity index (χ4v) is 2.59. The van der Waals surface area contributed by atoms with Gasteiger partial charge in [0.15, 0.2) is 0 Å². The molecule has 1 fully saturated rings. The van der Waals surface area contributed by atoms with Crippen molar-refractivity contribution in [3.63, 3.8) is 0 Å². The Bertz CT molecular complexity index is 724. The van der Waals surface area contributed by atoms with Crippen LogP contribution in [-0.4, -0.2) is 24.1 Å². The Balaban J connectivity index is 1.61. The number of aryl methyl sites for hydroxylation is 2. The molecule has 126 valence electrons. The number of nitrogens with one attached hydrogen (secondary N) is 1. The van der Waals surface area contributed by atoms with Gasteiger partial charge in [-0.25, -0.2) is 4.98 Å². The van der Waals surface area contributed by atoms with Gasteiger partial charge in [-0.05, 0) is 55.2 Å². The SMILES string of the molecule is Cc1ccc(Oc2cc(CNC(=O)[C@H]3CCOC3)ccn2)cc1C. The average molecular weight is 326 g/mol. The van der Waals surface area contributed by atoms with E-state index in [1.54, 1.807) is 6.20 Å². The van der Waals surface area contributed by atoms with Crippen LogP contribution < -0.4 is 10.1 Å². The Morgan fingerprint density at radius 1 is 1.29 bits per heavy atom. The average Bonchev–Trinajstić information content (AvgIpc) is 3.11. The Labute approximate surface area is 142 Å².